The highest BCUT2D eigenvalue weighted by molar-refractivity contribution is 5.85. The molecule has 286 valence electrons. The third-order valence-electron chi connectivity index (χ3n) is 10.4. The Labute approximate surface area is 309 Å². The summed E-state index contributed by atoms with van der Waals surface area (Å²) in [5, 5.41) is 16.6. The van der Waals surface area contributed by atoms with E-state index < -0.39 is 47.7 Å². The molecular formula is C38H49N5O10. The normalized spacial score (nSPS) is 23.4. The van der Waals surface area contributed by atoms with Crippen LogP contribution in [0.3, 0.4) is 0 Å². The van der Waals surface area contributed by atoms with E-state index in [-0.39, 0.29) is 32.2 Å². The molecule has 0 aromatic heterocycles. The van der Waals surface area contributed by atoms with Gasteiger partial charge in [-0.1, -0.05) is 6.07 Å². The van der Waals surface area contributed by atoms with Crippen molar-refractivity contribution in [2.45, 2.75) is 103 Å². The molecule has 4 aliphatic rings. The fourth-order valence-electron chi connectivity index (χ4n) is 8.45. The number of nitriles is 1. The lowest BCUT2D eigenvalue weighted by Gasteiger charge is -2.60. The molecule has 4 heterocycles. The minimum Gasteiger partial charge on any atom is -0.493 e. The number of amides is 2. The molecule has 2 amide bonds. The van der Waals surface area contributed by atoms with Crippen molar-refractivity contribution in [1.29, 1.82) is 5.26 Å². The first-order valence-electron chi connectivity index (χ1n) is 17.7. The van der Waals surface area contributed by atoms with Gasteiger partial charge in [-0.25, -0.2) is 4.79 Å². The van der Waals surface area contributed by atoms with Crippen LogP contribution < -0.4 is 34.3 Å². The number of alkyl carbamates (subject to hydrolysis) is 1. The van der Waals surface area contributed by atoms with Crippen molar-refractivity contribution in [3.8, 4) is 34.8 Å². The zero-order valence-corrected chi connectivity index (χ0v) is 32.0. The third-order valence-corrected chi connectivity index (χ3v) is 10.4. The molecule has 0 radical (unpaired) electrons. The summed E-state index contributed by atoms with van der Waals surface area (Å²) in [6.07, 6.45) is 0.182. The average Bonchev–Trinajstić information content (AvgIpc) is 3.57. The van der Waals surface area contributed by atoms with E-state index in [1.54, 1.807) is 41.9 Å². The lowest BCUT2D eigenvalue weighted by molar-refractivity contribution is -0.132. The maximum absolute atomic E-state index is 13.6. The molecule has 0 spiro atoms. The van der Waals surface area contributed by atoms with E-state index in [4.69, 9.17) is 33.2 Å². The smallest absolute Gasteiger partial charge is 0.408 e. The molecule has 0 saturated carbocycles. The number of benzene rings is 2. The van der Waals surface area contributed by atoms with Crippen LogP contribution >= 0.6 is 0 Å². The molecule has 2 aromatic carbocycles. The minimum atomic E-state index is -0.940. The number of carbonyl (C=O) groups excluding carboxylic acids is 3. The van der Waals surface area contributed by atoms with Crippen molar-refractivity contribution in [1.82, 2.24) is 20.4 Å². The quantitative estimate of drug-likeness (QED) is 0.217. The largest absolute Gasteiger partial charge is 0.493 e. The number of fused-ring (bicyclic) bond motifs is 9. The molecule has 2 bridgehead atoms. The van der Waals surface area contributed by atoms with E-state index in [1.807, 2.05) is 20.9 Å². The predicted molar refractivity (Wildman–Crippen MR) is 190 cm³/mol. The molecule has 15 nitrogen and oxygen atoms in total. The number of methoxy groups -OCH3 is 2. The lowest BCUT2D eigenvalue weighted by Crippen LogP contribution is -2.69. The van der Waals surface area contributed by atoms with Gasteiger partial charge < -0.3 is 43.8 Å². The van der Waals surface area contributed by atoms with Crippen LogP contribution in [-0.4, -0.2) is 98.9 Å². The molecular weight excluding hydrogens is 686 g/mol. The monoisotopic (exact) mass is 735 g/mol. The van der Waals surface area contributed by atoms with Gasteiger partial charge in [-0.05, 0) is 72.6 Å². The van der Waals surface area contributed by atoms with Gasteiger partial charge >= 0.3 is 12.1 Å². The van der Waals surface area contributed by atoms with Crippen molar-refractivity contribution < 1.29 is 47.5 Å². The molecule has 1 fully saturated rings. The van der Waals surface area contributed by atoms with Crippen LogP contribution in [-0.2, 0) is 31.9 Å². The Bertz CT molecular complexity index is 1850. The van der Waals surface area contributed by atoms with Gasteiger partial charge in [-0.3, -0.25) is 19.4 Å². The summed E-state index contributed by atoms with van der Waals surface area (Å²) >= 11 is 0. The van der Waals surface area contributed by atoms with E-state index in [0.717, 1.165) is 22.3 Å². The first-order chi connectivity index (χ1) is 25.1. The summed E-state index contributed by atoms with van der Waals surface area (Å²) in [7, 11) is 5.18. The summed E-state index contributed by atoms with van der Waals surface area (Å²) in [4.78, 5) is 43.2. The van der Waals surface area contributed by atoms with Crippen molar-refractivity contribution in [3.05, 3.63) is 39.4 Å². The highest BCUT2D eigenvalue weighted by Gasteiger charge is 2.57. The second-order valence-electron chi connectivity index (χ2n) is 15.0. The summed E-state index contributed by atoms with van der Waals surface area (Å²) in [5.74, 6) is 1.48. The van der Waals surface area contributed by atoms with Gasteiger partial charge in [0.2, 0.25) is 12.7 Å². The number of nitrogens with one attached hydrogen (secondary N) is 2. The molecule has 1 saturated heterocycles. The molecule has 1 unspecified atom stereocenters. The highest BCUT2D eigenvalue weighted by Crippen LogP contribution is 2.58. The Balaban J connectivity index is 1.51. The fraction of sp³-hybridized carbons (Fsp3) is 0.579. The summed E-state index contributed by atoms with van der Waals surface area (Å²) in [6, 6.07) is 1.53. The standard InChI is InChI=1S/C38H49N5O10/c1-18-11-22-12-24-26(14-39)43-25(30(42(24)8)28(22)34(31(18)48-10)49-16-47-9)13-23-29(35-33(50-17-51-35)19(2)32(23)52-21(4)44)27(43)15-40-36(45)20(3)41-37(46)53-38(5,6)7/h11,20,24-27,30H,12-13,15-17H2,1-10H3,(H,40,45)(H,41,46)/t20-,24+,25?,26+,27+,30+/m1/s1. The number of rotatable bonds is 9. The average molecular weight is 736 g/mol. The summed E-state index contributed by atoms with van der Waals surface area (Å²) in [5.41, 5.74) is 4.12. The Morgan fingerprint density at radius 1 is 1.06 bits per heavy atom. The van der Waals surface area contributed by atoms with Gasteiger partial charge in [0.1, 0.15) is 23.4 Å². The van der Waals surface area contributed by atoms with Gasteiger partial charge in [0.15, 0.2) is 29.8 Å². The van der Waals surface area contributed by atoms with Gasteiger partial charge in [0, 0.05) is 54.9 Å². The number of ether oxygens (including phenoxy) is 7. The first-order valence-corrected chi connectivity index (χ1v) is 17.7. The number of carbonyl (C=O) groups is 3. The molecule has 15 heteroatoms. The van der Waals surface area contributed by atoms with Crippen molar-refractivity contribution in [2.24, 2.45) is 0 Å². The van der Waals surface area contributed by atoms with Crippen LogP contribution in [0.5, 0.6) is 28.7 Å². The lowest BCUT2D eigenvalue weighted by atomic mass is 9.71. The van der Waals surface area contributed by atoms with Crippen molar-refractivity contribution in [2.75, 3.05) is 41.4 Å². The Morgan fingerprint density at radius 2 is 1.77 bits per heavy atom. The Hall–Kier alpha value is -4.78. The topological polar surface area (TPSA) is 170 Å². The SMILES string of the molecule is COCOc1c(OC)c(C)cc2c1[C@@H]1C3Cc4c(OC(C)=O)c(C)c5c(c4[C@H](CNC(=O)[C@@H](C)NC(=O)OC(C)(C)C)N3[C@@H](C#N)[C@H](C2)N1C)OCO5. The van der Waals surface area contributed by atoms with Gasteiger partial charge in [-0.15, -0.1) is 0 Å². The van der Waals surface area contributed by atoms with Crippen LogP contribution in [0, 0.1) is 25.2 Å². The number of aryl methyl sites for hydroxylation is 1. The summed E-state index contributed by atoms with van der Waals surface area (Å²) < 4.78 is 40.9. The second kappa shape index (κ2) is 14.6. The van der Waals surface area contributed by atoms with E-state index in [0.29, 0.717) is 52.7 Å². The van der Waals surface area contributed by atoms with E-state index in [1.165, 1.54) is 6.92 Å². The molecule has 4 aliphatic heterocycles. The highest BCUT2D eigenvalue weighted by atomic mass is 16.7. The van der Waals surface area contributed by atoms with Crippen LogP contribution in [0.1, 0.15) is 80.1 Å². The van der Waals surface area contributed by atoms with Crippen molar-refractivity contribution >= 4 is 18.0 Å². The molecule has 2 N–H and O–H groups in total. The Morgan fingerprint density at radius 3 is 2.42 bits per heavy atom. The van der Waals surface area contributed by atoms with Gasteiger partial charge in [0.25, 0.3) is 0 Å². The molecule has 0 aliphatic carbocycles. The number of likely N-dealkylation sites (N-methyl/N-ethyl adjacent to an activating group) is 1. The number of hydrogen-bond donors (Lipinski definition) is 2. The van der Waals surface area contributed by atoms with E-state index in [9.17, 15) is 19.6 Å². The fourth-order valence-corrected chi connectivity index (χ4v) is 8.45. The van der Waals surface area contributed by atoms with Crippen LogP contribution in [0.15, 0.2) is 6.07 Å². The van der Waals surface area contributed by atoms with Gasteiger partial charge in [-0.2, -0.15) is 5.26 Å². The molecule has 6 atom stereocenters. The van der Waals surface area contributed by atoms with Crippen molar-refractivity contribution in [3.63, 3.8) is 0 Å². The van der Waals surface area contributed by atoms with E-state index in [2.05, 4.69) is 32.6 Å². The molecule has 6 rings (SSSR count). The second-order valence-corrected chi connectivity index (χ2v) is 15.0. The van der Waals surface area contributed by atoms with Crippen LogP contribution in [0.2, 0.25) is 0 Å². The number of esters is 1. The van der Waals surface area contributed by atoms with Crippen LogP contribution in [0.4, 0.5) is 4.79 Å². The van der Waals surface area contributed by atoms with Gasteiger partial charge in [0.05, 0.1) is 25.3 Å². The molecule has 53 heavy (non-hydrogen) atoms. The van der Waals surface area contributed by atoms with Crippen LogP contribution in [0.25, 0.3) is 0 Å². The number of nitrogens with zero attached hydrogens (tertiary/aromatic N) is 3. The minimum absolute atomic E-state index is 0.00636. The predicted octanol–water partition coefficient (Wildman–Crippen LogP) is 3.75. The number of hydrogen-bond acceptors (Lipinski definition) is 13. The maximum Gasteiger partial charge on any atom is 0.408 e. The maximum atomic E-state index is 13.6. The third kappa shape index (κ3) is 6.79. The zero-order chi connectivity index (χ0) is 38.5. The Kier molecular flexibility index (Phi) is 10.4. The number of piperazine rings is 1. The summed E-state index contributed by atoms with van der Waals surface area (Å²) in [6.45, 7) is 11.9. The molecule has 2 aromatic rings. The first kappa shape index (κ1) is 38.0. The van der Waals surface area contributed by atoms with E-state index >= 15 is 0 Å². The zero-order valence-electron chi connectivity index (χ0n) is 32.0.